The van der Waals surface area contributed by atoms with Crippen LogP contribution in [0.15, 0.2) is 47.1 Å². The Morgan fingerprint density at radius 2 is 1.78 bits per heavy atom. The monoisotopic (exact) mass is 373 g/mol. The first-order valence-corrected chi connectivity index (χ1v) is 8.34. The zero-order valence-electron chi connectivity index (χ0n) is 15.6. The minimum absolute atomic E-state index is 0.0962. The van der Waals surface area contributed by atoms with Crippen LogP contribution < -0.4 is 10.2 Å². The fourth-order valence-electron chi connectivity index (χ4n) is 2.21. The van der Waals surface area contributed by atoms with E-state index in [1.807, 2.05) is 43.3 Å². The Bertz CT molecular complexity index is 769. The number of nitrogens with zero attached hydrogens (tertiary/aromatic N) is 2. The van der Waals surface area contributed by atoms with Crippen LogP contribution in [0.1, 0.15) is 16.1 Å². The molecule has 8 nitrogen and oxygen atoms in total. The predicted octanol–water partition coefficient (Wildman–Crippen LogP) is 1.28. The van der Waals surface area contributed by atoms with Gasteiger partial charge >= 0.3 is 5.97 Å². The Kier molecular flexibility index (Phi) is 6.99. The van der Waals surface area contributed by atoms with E-state index in [0.29, 0.717) is 6.54 Å². The lowest BCUT2D eigenvalue weighted by Gasteiger charge is -2.18. The fourth-order valence-corrected chi connectivity index (χ4v) is 2.21. The molecule has 1 N–H and O–H groups in total. The number of esters is 1. The average molecular weight is 373 g/mol. The molecule has 0 aliphatic heterocycles. The van der Waals surface area contributed by atoms with Crippen LogP contribution in [0.3, 0.4) is 0 Å². The molecule has 0 bridgehead atoms. The van der Waals surface area contributed by atoms with E-state index in [0.717, 1.165) is 11.3 Å². The molecule has 0 spiro atoms. The van der Waals surface area contributed by atoms with E-state index in [1.165, 1.54) is 17.2 Å². The predicted molar refractivity (Wildman–Crippen MR) is 99.2 cm³/mol. The molecule has 0 atom stereocenters. The highest BCUT2D eigenvalue weighted by atomic mass is 16.5. The number of hydrogen-bond donors (Lipinski definition) is 1. The number of anilines is 1. The molecule has 0 saturated heterocycles. The molecule has 0 radical (unpaired) electrons. The number of carbonyl (C=O) groups is 3. The molecule has 1 aromatic carbocycles. The number of hydrogen-bond acceptors (Lipinski definition) is 6. The molecule has 2 amide bonds. The van der Waals surface area contributed by atoms with Gasteiger partial charge in [0.05, 0.1) is 6.26 Å². The van der Waals surface area contributed by atoms with Gasteiger partial charge < -0.3 is 24.3 Å². The van der Waals surface area contributed by atoms with Gasteiger partial charge in [-0.3, -0.25) is 14.4 Å². The number of carbonyl (C=O) groups excluding carboxylic acids is 3. The van der Waals surface area contributed by atoms with Gasteiger partial charge in [0, 0.05) is 33.4 Å². The van der Waals surface area contributed by atoms with E-state index in [2.05, 4.69) is 5.32 Å². The fraction of sp³-hybridized carbons (Fsp3) is 0.316. The van der Waals surface area contributed by atoms with Gasteiger partial charge in [-0.1, -0.05) is 12.1 Å². The number of benzene rings is 1. The van der Waals surface area contributed by atoms with Crippen molar-refractivity contribution in [3.8, 4) is 0 Å². The Morgan fingerprint density at radius 3 is 2.37 bits per heavy atom. The smallest absolute Gasteiger partial charge is 0.325 e. The van der Waals surface area contributed by atoms with E-state index in [1.54, 1.807) is 13.1 Å². The molecular weight excluding hydrogens is 350 g/mol. The summed E-state index contributed by atoms with van der Waals surface area (Å²) in [6.45, 7) is -0.330. The molecule has 27 heavy (non-hydrogen) atoms. The molecule has 0 unspecified atom stereocenters. The lowest BCUT2D eigenvalue weighted by Crippen LogP contribution is -2.34. The molecule has 0 aliphatic rings. The number of rotatable bonds is 8. The second-order valence-corrected chi connectivity index (χ2v) is 6.13. The van der Waals surface area contributed by atoms with Gasteiger partial charge in [0.25, 0.3) is 11.8 Å². The van der Waals surface area contributed by atoms with Crippen molar-refractivity contribution >= 4 is 23.5 Å². The van der Waals surface area contributed by atoms with Gasteiger partial charge in [-0.15, -0.1) is 0 Å². The van der Waals surface area contributed by atoms with Crippen molar-refractivity contribution in [1.82, 2.24) is 10.2 Å². The zero-order valence-corrected chi connectivity index (χ0v) is 15.6. The second-order valence-electron chi connectivity index (χ2n) is 6.13. The largest absolute Gasteiger partial charge is 0.459 e. The van der Waals surface area contributed by atoms with E-state index < -0.39 is 11.9 Å². The highest BCUT2D eigenvalue weighted by molar-refractivity contribution is 5.93. The van der Waals surface area contributed by atoms with Crippen molar-refractivity contribution in [2.75, 3.05) is 39.2 Å². The van der Waals surface area contributed by atoms with Crippen molar-refractivity contribution in [2.24, 2.45) is 0 Å². The first-order valence-electron chi connectivity index (χ1n) is 8.34. The van der Waals surface area contributed by atoms with Crippen LogP contribution in [0.25, 0.3) is 0 Å². The quantitative estimate of drug-likeness (QED) is 0.701. The second kappa shape index (κ2) is 9.42. The molecule has 2 rings (SSSR count). The number of amides is 2. The molecule has 2 aromatic rings. The summed E-state index contributed by atoms with van der Waals surface area (Å²) in [6.07, 6.45) is 1.36. The van der Waals surface area contributed by atoms with Crippen molar-refractivity contribution in [3.63, 3.8) is 0 Å². The maximum absolute atomic E-state index is 12.1. The standard InChI is InChI=1S/C19H23N3O5/c1-21(2)15-8-6-14(7-9-15)12-22(3)17(23)13-27-18(24)11-20-19(25)16-5-4-10-26-16/h4-10H,11-13H2,1-3H3,(H,20,25). The molecule has 1 heterocycles. The van der Waals surface area contributed by atoms with Crippen LogP contribution in [-0.2, 0) is 20.9 Å². The summed E-state index contributed by atoms with van der Waals surface area (Å²) in [5.41, 5.74) is 2.03. The van der Waals surface area contributed by atoms with Gasteiger partial charge in [0.15, 0.2) is 12.4 Å². The molecule has 0 fully saturated rings. The first-order chi connectivity index (χ1) is 12.9. The minimum Gasteiger partial charge on any atom is -0.459 e. The Balaban J connectivity index is 1.72. The van der Waals surface area contributed by atoms with Gasteiger partial charge in [-0.25, -0.2) is 0 Å². The van der Waals surface area contributed by atoms with Gasteiger partial charge in [-0.2, -0.15) is 0 Å². The molecule has 144 valence electrons. The summed E-state index contributed by atoms with van der Waals surface area (Å²) in [7, 11) is 5.54. The molecule has 0 aliphatic carbocycles. The third-order valence-electron chi connectivity index (χ3n) is 3.79. The van der Waals surface area contributed by atoms with E-state index in [-0.39, 0.29) is 24.8 Å². The highest BCUT2D eigenvalue weighted by Gasteiger charge is 2.14. The normalized spacial score (nSPS) is 10.2. The van der Waals surface area contributed by atoms with E-state index in [9.17, 15) is 14.4 Å². The van der Waals surface area contributed by atoms with E-state index in [4.69, 9.17) is 9.15 Å². The number of ether oxygens (including phenoxy) is 1. The third-order valence-corrected chi connectivity index (χ3v) is 3.79. The van der Waals surface area contributed by atoms with Crippen LogP contribution in [-0.4, -0.2) is 57.0 Å². The molecule has 8 heteroatoms. The SMILES string of the molecule is CN(Cc1ccc(N(C)C)cc1)C(=O)COC(=O)CNC(=O)c1ccco1. The van der Waals surface area contributed by atoms with Crippen molar-refractivity contribution in [2.45, 2.75) is 6.54 Å². The lowest BCUT2D eigenvalue weighted by molar-refractivity contribution is -0.150. The van der Waals surface area contributed by atoms with Crippen LogP contribution in [0.5, 0.6) is 0 Å². The van der Waals surface area contributed by atoms with Crippen LogP contribution in [0, 0.1) is 0 Å². The van der Waals surface area contributed by atoms with Gasteiger partial charge in [-0.05, 0) is 29.8 Å². The van der Waals surface area contributed by atoms with Gasteiger partial charge in [0.1, 0.15) is 6.54 Å². The molecule has 1 aromatic heterocycles. The Labute approximate surface area is 157 Å². The van der Waals surface area contributed by atoms with Crippen molar-refractivity contribution < 1.29 is 23.5 Å². The minimum atomic E-state index is -0.702. The summed E-state index contributed by atoms with van der Waals surface area (Å²) in [6, 6.07) is 10.9. The number of furan rings is 1. The number of nitrogens with one attached hydrogen (secondary N) is 1. The van der Waals surface area contributed by atoms with Crippen LogP contribution >= 0.6 is 0 Å². The topological polar surface area (TPSA) is 92.1 Å². The number of likely N-dealkylation sites (N-methyl/N-ethyl adjacent to an activating group) is 1. The molecule has 0 saturated carbocycles. The summed E-state index contributed by atoms with van der Waals surface area (Å²) in [5, 5.41) is 2.36. The lowest BCUT2D eigenvalue weighted by atomic mass is 10.2. The summed E-state index contributed by atoms with van der Waals surface area (Å²) < 4.78 is 9.81. The average Bonchev–Trinajstić information content (AvgIpc) is 3.19. The van der Waals surface area contributed by atoms with Crippen molar-refractivity contribution in [1.29, 1.82) is 0 Å². The summed E-state index contributed by atoms with van der Waals surface area (Å²) in [5.74, 6) is -1.47. The zero-order chi connectivity index (χ0) is 19.8. The highest BCUT2D eigenvalue weighted by Crippen LogP contribution is 2.13. The maximum atomic E-state index is 12.1. The summed E-state index contributed by atoms with van der Waals surface area (Å²) in [4.78, 5) is 38.8. The Hall–Kier alpha value is -3.29. The van der Waals surface area contributed by atoms with Gasteiger partial charge in [0.2, 0.25) is 0 Å². The Morgan fingerprint density at radius 1 is 1.07 bits per heavy atom. The third kappa shape index (κ3) is 6.18. The van der Waals surface area contributed by atoms with Crippen LogP contribution in [0.4, 0.5) is 5.69 Å². The maximum Gasteiger partial charge on any atom is 0.325 e. The van der Waals surface area contributed by atoms with E-state index >= 15 is 0 Å². The summed E-state index contributed by atoms with van der Waals surface area (Å²) >= 11 is 0. The molecular formula is C19H23N3O5. The first kappa shape index (κ1) is 20.0. The van der Waals surface area contributed by atoms with Crippen molar-refractivity contribution in [3.05, 3.63) is 54.0 Å². The van der Waals surface area contributed by atoms with Crippen LogP contribution in [0.2, 0.25) is 0 Å².